The molecule has 5 heteroatoms. The molecule has 1 aromatic carbocycles. The van der Waals surface area contributed by atoms with Gasteiger partial charge in [0.05, 0.1) is 25.2 Å². The zero-order chi connectivity index (χ0) is 13.2. The maximum absolute atomic E-state index is 11.0. The summed E-state index contributed by atoms with van der Waals surface area (Å²) in [4.78, 5) is 11.0. The van der Waals surface area contributed by atoms with Gasteiger partial charge < -0.3 is 14.6 Å². The van der Waals surface area contributed by atoms with E-state index in [1.54, 1.807) is 19.9 Å². The van der Waals surface area contributed by atoms with Crippen molar-refractivity contribution in [1.29, 1.82) is 0 Å². The van der Waals surface area contributed by atoms with Crippen molar-refractivity contribution in [2.75, 3.05) is 14.2 Å². The van der Waals surface area contributed by atoms with Crippen LogP contribution in [-0.2, 0) is 4.79 Å². The molecule has 17 heavy (non-hydrogen) atoms. The molecule has 0 aliphatic rings. The van der Waals surface area contributed by atoms with Crippen molar-refractivity contribution < 1.29 is 19.4 Å². The maximum Gasteiger partial charge on any atom is 0.310 e. The average molecular weight is 259 g/mol. The second-order valence-electron chi connectivity index (χ2n) is 3.70. The summed E-state index contributed by atoms with van der Waals surface area (Å²) < 4.78 is 10.3. The van der Waals surface area contributed by atoms with Gasteiger partial charge in [-0.2, -0.15) is 0 Å². The van der Waals surface area contributed by atoms with Gasteiger partial charge in [-0.1, -0.05) is 11.6 Å². The van der Waals surface area contributed by atoms with Crippen molar-refractivity contribution in [1.82, 2.24) is 0 Å². The van der Waals surface area contributed by atoms with Crippen LogP contribution < -0.4 is 9.47 Å². The predicted octanol–water partition coefficient (Wildman–Crippen LogP) is 2.85. The van der Waals surface area contributed by atoms with Crippen molar-refractivity contribution in [3.8, 4) is 11.5 Å². The Morgan fingerprint density at radius 1 is 1.41 bits per heavy atom. The van der Waals surface area contributed by atoms with E-state index in [0.29, 0.717) is 22.1 Å². The molecule has 1 rings (SSSR count). The van der Waals surface area contributed by atoms with Crippen molar-refractivity contribution in [2.45, 2.75) is 19.8 Å². The highest BCUT2D eigenvalue weighted by atomic mass is 35.5. The molecule has 1 aromatic rings. The minimum absolute atomic E-state index is 0.384. The lowest BCUT2D eigenvalue weighted by Crippen LogP contribution is -2.10. The Morgan fingerprint density at radius 2 is 2.00 bits per heavy atom. The molecule has 1 unspecified atom stereocenters. The molecule has 0 saturated heterocycles. The van der Waals surface area contributed by atoms with Crippen LogP contribution in [0.15, 0.2) is 6.07 Å². The number of halogens is 1. The zero-order valence-corrected chi connectivity index (χ0v) is 11.0. The second kappa shape index (κ2) is 5.27. The zero-order valence-electron chi connectivity index (χ0n) is 10.2. The summed E-state index contributed by atoms with van der Waals surface area (Å²) in [7, 11) is 2.98. The summed E-state index contributed by atoms with van der Waals surface area (Å²) in [5, 5.41) is 9.42. The first-order chi connectivity index (χ1) is 7.93. The van der Waals surface area contributed by atoms with E-state index in [1.807, 2.05) is 0 Å². The summed E-state index contributed by atoms with van der Waals surface area (Å²) in [6.07, 6.45) is 0. The number of hydrogen-bond acceptors (Lipinski definition) is 3. The number of benzene rings is 1. The van der Waals surface area contributed by atoms with Gasteiger partial charge in [-0.25, -0.2) is 0 Å². The van der Waals surface area contributed by atoms with E-state index in [2.05, 4.69) is 0 Å². The summed E-state index contributed by atoms with van der Waals surface area (Å²) in [5.41, 5.74) is 1.24. The van der Waals surface area contributed by atoms with Crippen LogP contribution in [0.3, 0.4) is 0 Å². The number of rotatable bonds is 4. The molecule has 1 atom stereocenters. The van der Waals surface area contributed by atoms with E-state index in [1.165, 1.54) is 14.2 Å². The summed E-state index contributed by atoms with van der Waals surface area (Å²) in [6, 6.07) is 1.65. The third-order valence-corrected chi connectivity index (χ3v) is 3.16. The van der Waals surface area contributed by atoms with Crippen molar-refractivity contribution in [3.63, 3.8) is 0 Å². The van der Waals surface area contributed by atoms with Gasteiger partial charge in [0, 0.05) is 11.1 Å². The number of carbonyl (C=O) groups is 1. The Bertz CT molecular complexity index is 443. The van der Waals surface area contributed by atoms with Crippen LogP contribution >= 0.6 is 11.6 Å². The Kier molecular flexibility index (Phi) is 4.23. The lowest BCUT2D eigenvalue weighted by Gasteiger charge is -2.17. The van der Waals surface area contributed by atoms with E-state index in [-0.39, 0.29) is 0 Å². The van der Waals surface area contributed by atoms with E-state index in [4.69, 9.17) is 26.2 Å². The number of ether oxygens (including phenoxy) is 2. The summed E-state index contributed by atoms with van der Waals surface area (Å²) in [6.45, 7) is 3.37. The monoisotopic (exact) mass is 258 g/mol. The normalized spacial score (nSPS) is 12.1. The molecular weight excluding hydrogens is 244 g/mol. The first-order valence-electron chi connectivity index (χ1n) is 5.07. The molecule has 0 spiro atoms. The molecule has 94 valence electrons. The van der Waals surface area contributed by atoms with Crippen LogP contribution in [0.25, 0.3) is 0 Å². The standard InChI is InChI=1S/C12H15ClO4/c1-6(12(14)15)8-5-9(16-3)7(2)10(13)11(8)17-4/h5-6H,1-4H3,(H,14,15). The summed E-state index contributed by atoms with van der Waals surface area (Å²) in [5.74, 6) is -0.707. The van der Waals surface area contributed by atoms with E-state index in [9.17, 15) is 4.79 Å². The highest BCUT2D eigenvalue weighted by Crippen LogP contribution is 2.40. The number of carboxylic acid groups (broad SMARTS) is 1. The number of aliphatic carboxylic acids is 1. The third kappa shape index (κ3) is 2.47. The molecule has 0 bridgehead atoms. The van der Waals surface area contributed by atoms with E-state index < -0.39 is 11.9 Å². The molecule has 0 aromatic heterocycles. The molecule has 4 nitrogen and oxygen atoms in total. The molecule has 0 fully saturated rings. The molecule has 0 amide bonds. The lowest BCUT2D eigenvalue weighted by atomic mass is 9.98. The SMILES string of the molecule is COc1cc(C(C)C(=O)O)c(OC)c(Cl)c1C. The van der Waals surface area contributed by atoms with Crippen LogP contribution in [-0.4, -0.2) is 25.3 Å². The fourth-order valence-corrected chi connectivity index (χ4v) is 1.87. The van der Waals surface area contributed by atoms with Gasteiger partial charge in [0.25, 0.3) is 0 Å². The topological polar surface area (TPSA) is 55.8 Å². The minimum Gasteiger partial charge on any atom is -0.496 e. The molecule has 1 N–H and O–H groups in total. The first-order valence-corrected chi connectivity index (χ1v) is 5.45. The highest BCUT2D eigenvalue weighted by Gasteiger charge is 2.23. The fourth-order valence-electron chi connectivity index (χ4n) is 1.59. The number of carboxylic acids is 1. The molecule has 0 saturated carbocycles. The van der Waals surface area contributed by atoms with Gasteiger partial charge in [-0.15, -0.1) is 0 Å². The Morgan fingerprint density at radius 3 is 2.41 bits per heavy atom. The van der Waals surface area contributed by atoms with Crippen LogP contribution in [0.4, 0.5) is 0 Å². The van der Waals surface area contributed by atoms with Gasteiger partial charge in [0.2, 0.25) is 0 Å². The number of methoxy groups -OCH3 is 2. The van der Waals surface area contributed by atoms with Gasteiger partial charge in [-0.05, 0) is 19.9 Å². The highest BCUT2D eigenvalue weighted by molar-refractivity contribution is 6.33. The molecule has 0 heterocycles. The fraction of sp³-hybridized carbons (Fsp3) is 0.417. The van der Waals surface area contributed by atoms with Crippen LogP contribution in [0.2, 0.25) is 5.02 Å². The largest absolute Gasteiger partial charge is 0.496 e. The van der Waals surface area contributed by atoms with Crippen LogP contribution in [0.5, 0.6) is 11.5 Å². The second-order valence-corrected chi connectivity index (χ2v) is 4.08. The van der Waals surface area contributed by atoms with Gasteiger partial charge in [0.15, 0.2) is 0 Å². The predicted molar refractivity (Wildman–Crippen MR) is 65.3 cm³/mol. The molecule has 0 radical (unpaired) electrons. The third-order valence-electron chi connectivity index (χ3n) is 2.71. The van der Waals surface area contributed by atoms with Gasteiger partial charge >= 0.3 is 5.97 Å². The van der Waals surface area contributed by atoms with E-state index in [0.717, 1.165) is 5.56 Å². The van der Waals surface area contributed by atoms with Gasteiger partial charge in [-0.3, -0.25) is 4.79 Å². The quantitative estimate of drug-likeness (QED) is 0.902. The molecular formula is C12H15ClO4. The van der Waals surface area contributed by atoms with Crippen LogP contribution in [0, 0.1) is 6.92 Å². The molecule has 0 aliphatic heterocycles. The first kappa shape index (κ1) is 13.6. The molecule has 0 aliphatic carbocycles. The van der Waals surface area contributed by atoms with E-state index >= 15 is 0 Å². The smallest absolute Gasteiger partial charge is 0.310 e. The number of hydrogen-bond donors (Lipinski definition) is 1. The lowest BCUT2D eigenvalue weighted by molar-refractivity contribution is -0.138. The Balaban J connectivity index is 3.47. The van der Waals surface area contributed by atoms with Crippen LogP contribution in [0.1, 0.15) is 24.0 Å². The average Bonchev–Trinajstić information content (AvgIpc) is 2.31. The maximum atomic E-state index is 11.0. The Hall–Kier alpha value is -1.42. The van der Waals surface area contributed by atoms with Crippen molar-refractivity contribution in [2.24, 2.45) is 0 Å². The Labute approximate surface area is 105 Å². The van der Waals surface area contributed by atoms with Crippen molar-refractivity contribution >= 4 is 17.6 Å². The van der Waals surface area contributed by atoms with Crippen molar-refractivity contribution in [3.05, 3.63) is 22.2 Å². The van der Waals surface area contributed by atoms with Gasteiger partial charge in [0.1, 0.15) is 11.5 Å². The summed E-state index contributed by atoms with van der Waals surface area (Å²) >= 11 is 6.13. The minimum atomic E-state index is -0.940.